The van der Waals surface area contributed by atoms with Crippen molar-refractivity contribution in [3.63, 3.8) is 0 Å². The first-order chi connectivity index (χ1) is 9.02. The van der Waals surface area contributed by atoms with Crippen LogP contribution in [-0.2, 0) is 14.3 Å². The highest BCUT2D eigenvalue weighted by Gasteiger charge is 2.14. The highest BCUT2D eigenvalue weighted by molar-refractivity contribution is 9.10. The van der Waals surface area contributed by atoms with E-state index in [-0.39, 0.29) is 5.91 Å². The number of carbonyl (C=O) groups is 2. The number of carbonyl (C=O) groups excluding carboxylic acids is 2. The summed E-state index contributed by atoms with van der Waals surface area (Å²) < 4.78 is 5.74. The van der Waals surface area contributed by atoms with Crippen LogP contribution in [0.2, 0.25) is 0 Å². The van der Waals surface area contributed by atoms with Gasteiger partial charge < -0.3 is 10.1 Å². The molecule has 0 spiro atoms. The fourth-order valence-corrected chi connectivity index (χ4v) is 1.79. The van der Waals surface area contributed by atoms with E-state index in [9.17, 15) is 9.59 Å². The van der Waals surface area contributed by atoms with E-state index in [0.29, 0.717) is 6.61 Å². The molecule has 1 amide bonds. The van der Waals surface area contributed by atoms with E-state index in [1.165, 1.54) is 6.08 Å². The van der Waals surface area contributed by atoms with E-state index in [1.54, 1.807) is 19.9 Å². The smallest absolute Gasteiger partial charge is 0.328 e. The first kappa shape index (κ1) is 15.4. The van der Waals surface area contributed by atoms with Crippen molar-refractivity contribution in [3.8, 4) is 0 Å². The molecule has 0 heterocycles. The summed E-state index contributed by atoms with van der Waals surface area (Å²) in [7, 11) is 0. The van der Waals surface area contributed by atoms with Crippen LogP contribution in [0.25, 0.3) is 6.08 Å². The molecule has 0 radical (unpaired) electrons. The van der Waals surface area contributed by atoms with Crippen LogP contribution in [0.4, 0.5) is 0 Å². The zero-order valence-electron chi connectivity index (χ0n) is 10.9. The summed E-state index contributed by atoms with van der Waals surface area (Å²) in [6.45, 7) is 3.61. The molecule has 1 aromatic carbocycles. The minimum absolute atomic E-state index is 0.299. The molecule has 0 fully saturated rings. The Bertz CT molecular complexity index is 485. The van der Waals surface area contributed by atoms with Crippen LogP contribution in [0, 0.1) is 0 Å². The molecule has 19 heavy (non-hydrogen) atoms. The van der Waals surface area contributed by atoms with Crippen LogP contribution in [-0.4, -0.2) is 24.5 Å². The molecule has 0 saturated heterocycles. The fourth-order valence-electron chi connectivity index (χ4n) is 1.37. The highest BCUT2D eigenvalue weighted by atomic mass is 79.9. The number of nitrogens with one attached hydrogen (secondary N) is 1. The Labute approximate surface area is 121 Å². The van der Waals surface area contributed by atoms with Crippen molar-refractivity contribution < 1.29 is 14.3 Å². The number of rotatable bonds is 5. The Hall–Kier alpha value is -1.62. The third-order valence-corrected chi connectivity index (χ3v) is 2.77. The summed E-state index contributed by atoms with van der Waals surface area (Å²) in [5.41, 5.74) is 0.897. The number of ether oxygens (including phenoxy) is 1. The lowest BCUT2D eigenvalue weighted by Crippen LogP contribution is -2.38. The largest absolute Gasteiger partial charge is 0.464 e. The predicted octanol–water partition coefficient (Wildman–Crippen LogP) is 2.53. The molecule has 0 saturated carbocycles. The van der Waals surface area contributed by atoms with Crippen molar-refractivity contribution in [1.82, 2.24) is 5.32 Å². The number of hydrogen-bond donors (Lipinski definition) is 1. The number of benzene rings is 1. The summed E-state index contributed by atoms with van der Waals surface area (Å²) in [4.78, 5) is 22.9. The van der Waals surface area contributed by atoms with Gasteiger partial charge in [0.25, 0.3) is 0 Å². The molecule has 1 unspecified atom stereocenters. The van der Waals surface area contributed by atoms with Crippen molar-refractivity contribution >= 4 is 33.9 Å². The maximum Gasteiger partial charge on any atom is 0.328 e. The van der Waals surface area contributed by atoms with Crippen molar-refractivity contribution in [2.75, 3.05) is 6.61 Å². The van der Waals surface area contributed by atoms with Gasteiger partial charge in [-0.1, -0.05) is 28.1 Å². The lowest BCUT2D eigenvalue weighted by atomic mass is 10.2. The quantitative estimate of drug-likeness (QED) is 0.668. The van der Waals surface area contributed by atoms with Crippen LogP contribution < -0.4 is 5.32 Å². The summed E-state index contributed by atoms with van der Waals surface area (Å²) >= 11 is 3.35. The van der Waals surface area contributed by atoms with E-state index >= 15 is 0 Å². The zero-order valence-corrected chi connectivity index (χ0v) is 12.4. The van der Waals surface area contributed by atoms with Gasteiger partial charge >= 0.3 is 5.97 Å². The molecule has 1 rings (SSSR count). The van der Waals surface area contributed by atoms with Crippen molar-refractivity contribution in [1.29, 1.82) is 0 Å². The van der Waals surface area contributed by atoms with Crippen LogP contribution in [0.5, 0.6) is 0 Å². The molecule has 1 N–H and O–H groups in total. The summed E-state index contributed by atoms with van der Waals surface area (Å²) in [5, 5.41) is 2.54. The van der Waals surface area contributed by atoms with Crippen molar-refractivity contribution in [2.24, 2.45) is 0 Å². The number of esters is 1. The minimum atomic E-state index is -0.653. The molecular weight excluding hydrogens is 310 g/mol. The number of halogens is 1. The third kappa shape index (κ3) is 5.70. The Morgan fingerprint density at radius 2 is 2.21 bits per heavy atom. The molecule has 0 aliphatic heterocycles. The fraction of sp³-hybridized carbons (Fsp3) is 0.286. The van der Waals surface area contributed by atoms with E-state index in [4.69, 9.17) is 4.74 Å². The second-order valence-electron chi connectivity index (χ2n) is 3.87. The Kier molecular flexibility index (Phi) is 6.29. The standard InChI is InChI=1S/C14H16BrNO3/c1-3-19-14(18)10(2)16-13(17)8-7-11-5-4-6-12(15)9-11/h4-10H,3H2,1-2H3,(H,16,17). The number of amides is 1. The van der Waals surface area contributed by atoms with E-state index in [0.717, 1.165) is 10.0 Å². The molecule has 5 heteroatoms. The Morgan fingerprint density at radius 1 is 1.47 bits per heavy atom. The topological polar surface area (TPSA) is 55.4 Å². The first-order valence-electron chi connectivity index (χ1n) is 5.93. The van der Waals surface area contributed by atoms with Crippen LogP contribution in [0.15, 0.2) is 34.8 Å². The van der Waals surface area contributed by atoms with E-state index in [1.807, 2.05) is 24.3 Å². The molecule has 1 aromatic rings. The van der Waals surface area contributed by atoms with Gasteiger partial charge in [0.1, 0.15) is 6.04 Å². The van der Waals surface area contributed by atoms with Crippen LogP contribution >= 0.6 is 15.9 Å². The zero-order chi connectivity index (χ0) is 14.3. The second kappa shape index (κ2) is 7.74. The normalized spacial score (nSPS) is 12.2. The third-order valence-electron chi connectivity index (χ3n) is 2.27. The van der Waals surface area contributed by atoms with Crippen LogP contribution in [0.3, 0.4) is 0 Å². The summed E-state index contributed by atoms with van der Waals surface area (Å²) in [5.74, 6) is -0.771. The van der Waals surface area contributed by atoms with E-state index in [2.05, 4.69) is 21.2 Å². The molecule has 1 atom stereocenters. The van der Waals surface area contributed by atoms with Gasteiger partial charge in [0.15, 0.2) is 0 Å². The second-order valence-corrected chi connectivity index (χ2v) is 4.79. The average Bonchev–Trinajstić information content (AvgIpc) is 2.36. The highest BCUT2D eigenvalue weighted by Crippen LogP contribution is 2.12. The lowest BCUT2D eigenvalue weighted by molar-refractivity contribution is -0.146. The maximum atomic E-state index is 11.6. The summed E-state index contributed by atoms with van der Waals surface area (Å²) in [6, 6.07) is 6.89. The molecule has 0 aliphatic rings. The molecule has 0 aliphatic carbocycles. The van der Waals surface area contributed by atoms with E-state index < -0.39 is 12.0 Å². The minimum Gasteiger partial charge on any atom is -0.464 e. The molecule has 4 nitrogen and oxygen atoms in total. The average molecular weight is 326 g/mol. The lowest BCUT2D eigenvalue weighted by Gasteiger charge is -2.10. The van der Waals surface area contributed by atoms with Gasteiger partial charge in [0.05, 0.1) is 6.61 Å². The Morgan fingerprint density at radius 3 is 2.84 bits per heavy atom. The van der Waals surface area contributed by atoms with Gasteiger partial charge in [0.2, 0.25) is 5.91 Å². The van der Waals surface area contributed by atoms with Gasteiger partial charge in [-0.15, -0.1) is 0 Å². The van der Waals surface area contributed by atoms with Crippen molar-refractivity contribution in [3.05, 3.63) is 40.4 Å². The first-order valence-corrected chi connectivity index (χ1v) is 6.73. The molecule has 0 aromatic heterocycles. The van der Waals surface area contributed by atoms with Gasteiger partial charge in [0, 0.05) is 10.5 Å². The Balaban J connectivity index is 2.53. The monoisotopic (exact) mass is 325 g/mol. The van der Waals surface area contributed by atoms with Gasteiger partial charge in [-0.25, -0.2) is 4.79 Å². The van der Waals surface area contributed by atoms with Crippen LogP contribution in [0.1, 0.15) is 19.4 Å². The molecule has 102 valence electrons. The number of hydrogen-bond acceptors (Lipinski definition) is 3. The predicted molar refractivity (Wildman–Crippen MR) is 77.4 cm³/mol. The SMILES string of the molecule is CCOC(=O)C(C)NC(=O)C=Cc1cccc(Br)c1. The van der Waals surface area contributed by atoms with Crippen molar-refractivity contribution in [2.45, 2.75) is 19.9 Å². The van der Waals surface area contributed by atoms with Gasteiger partial charge in [-0.05, 0) is 37.6 Å². The van der Waals surface area contributed by atoms with Gasteiger partial charge in [-0.2, -0.15) is 0 Å². The molecule has 0 bridgehead atoms. The van der Waals surface area contributed by atoms with Gasteiger partial charge in [-0.3, -0.25) is 4.79 Å². The summed E-state index contributed by atoms with van der Waals surface area (Å²) in [6.07, 6.45) is 3.06. The maximum absolute atomic E-state index is 11.6. The molecular formula is C14H16BrNO3.